The first kappa shape index (κ1) is 40.2. The Balaban J connectivity index is 1.03. The Bertz CT molecular complexity index is 2070. The van der Waals surface area contributed by atoms with Gasteiger partial charge >= 0.3 is 5.97 Å². The van der Waals surface area contributed by atoms with E-state index in [9.17, 15) is 24.6 Å². The maximum Gasteiger partial charge on any atom is 0.335 e. The van der Waals surface area contributed by atoms with Crippen LogP contribution in [0.5, 0.6) is 0 Å². The highest BCUT2D eigenvalue weighted by molar-refractivity contribution is 7.99. The second-order valence-corrected chi connectivity index (χ2v) is 14.8. The third-order valence-corrected chi connectivity index (χ3v) is 10.8. The lowest BCUT2D eigenvalue weighted by molar-refractivity contribution is -0.245. The molecule has 0 aromatic heterocycles. The fourth-order valence-electron chi connectivity index (χ4n) is 6.54. The number of nitrogens with two attached hydrogens (primary N) is 1. The van der Waals surface area contributed by atoms with Crippen molar-refractivity contribution >= 4 is 40.9 Å². The molecule has 0 unspecified atom stereocenters. The van der Waals surface area contributed by atoms with Gasteiger partial charge in [0.1, 0.15) is 0 Å². The number of anilines is 2. The molecule has 2 amide bonds. The number of para-hydroxylation sites is 2. The summed E-state index contributed by atoms with van der Waals surface area (Å²) >= 11 is 1.61. The van der Waals surface area contributed by atoms with E-state index in [0.29, 0.717) is 55.8 Å². The fraction of sp³-hybridized carbons (Fsp3) is 0.267. The van der Waals surface area contributed by atoms with E-state index in [0.717, 1.165) is 44.7 Å². The molecule has 5 aromatic rings. The maximum absolute atomic E-state index is 12.7. The molecule has 1 heterocycles. The lowest BCUT2D eigenvalue weighted by atomic mass is 9.97. The predicted octanol–water partition coefficient (Wildman–Crippen LogP) is 8.67. The highest BCUT2D eigenvalue weighted by Gasteiger charge is 2.32. The zero-order valence-electron chi connectivity index (χ0n) is 31.1. The van der Waals surface area contributed by atoms with E-state index in [1.165, 1.54) is 0 Å². The van der Waals surface area contributed by atoms with Crippen LogP contribution in [0.1, 0.15) is 83.5 Å². The van der Waals surface area contributed by atoms with Crippen LogP contribution in [-0.2, 0) is 32.2 Å². The first-order valence-corrected chi connectivity index (χ1v) is 19.8. The number of nitrogens with one attached hydrogen (secondary N) is 2. The number of amides is 2. The van der Waals surface area contributed by atoms with E-state index < -0.39 is 12.3 Å². The fourth-order valence-corrected chi connectivity index (χ4v) is 7.46. The molecule has 11 heteroatoms. The number of aliphatic hydroxyl groups excluding tert-OH is 1. The molecule has 0 spiro atoms. The van der Waals surface area contributed by atoms with Crippen molar-refractivity contribution in [2.75, 3.05) is 16.8 Å². The average Bonchev–Trinajstić information content (AvgIpc) is 3.23. The Morgan fingerprint density at radius 1 is 0.750 bits per heavy atom. The van der Waals surface area contributed by atoms with Crippen molar-refractivity contribution in [3.05, 3.63) is 149 Å². The zero-order chi connectivity index (χ0) is 39.3. The molecule has 10 nitrogen and oxygen atoms in total. The second-order valence-electron chi connectivity index (χ2n) is 13.7. The quantitative estimate of drug-likeness (QED) is 0.0354. The molecule has 290 valence electrons. The topological polar surface area (TPSA) is 160 Å². The summed E-state index contributed by atoms with van der Waals surface area (Å²) in [5.74, 6) is -0.430. The van der Waals surface area contributed by atoms with Crippen molar-refractivity contribution < 1.29 is 34.1 Å². The van der Waals surface area contributed by atoms with Crippen LogP contribution in [0.25, 0.3) is 11.1 Å². The first-order valence-electron chi connectivity index (χ1n) is 18.8. The van der Waals surface area contributed by atoms with Crippen LogP contribution in [0, 0.1) is 0 Å². The van der Waals surface area contributed by atoms with Crippen LogP contribution in [0.2, 0.25) is 0 Å². The molecule has 0 radical (unpaired) electrons. The average molecular weight is 774 g/mol. The van der Waals surface area contributed by atoms with Crippen LogP contribution in [0.3, 0.4) is 0 Å². The number of carboxylic acid groups (broad SMARTS) is 1. The van der Waals surface area contributed by atoms with E-state index in [1.807, 2.05) is 97.1 Å². The molecule has 1 aliphatic rings. The van der Waals surface area contributed by atoms with Crippen molar-refractivity contribution in [1.82, 2.24) is 5.32 Å². The van der Waals surface area contributed by atoms with Crippen molar-refractivity contribution in [2.45, 2.75) is 75.1 Å². The van der Waals surface area contributed by atoms with E-state index in [4.69, 9.17) is 15.2 Å². The normalized spacial score (nSPS) is 16.6. The van der Waals surface area contributed by atoms with Gasteiger partial charge in [0.2, 0.25) is 11.8 Å². The van der Waals surface area contributed by atoms with Gasteiger partial charge in [-0.05, 0) is 77.1 Å². The Morgan fingerprint density at radius 3 is 2.14 bits per heavy atom. The maximum atomic E-state index is 12.7. The molecular weight excluding hydrogens is 727 g/mol. The first-order chi connectivity index (χ1) is 27.2. The number of unbranched alkanes of at least 4 members (excludes halogenated alkanes) is 2. The van der Waals surface area contributed by atoms with Gasteiger partial charge in [-0.3, -0.25) is 9.59 Å². The summed E-state index contributed by atoms with van der Waals surface area (Å²) in [6.07, 6.45) is 2.52. The molecule has 3 atom stereocenters. The number of aromatic carboxylic acids is 1. The van der Waals surface area contributed by atoms with Gasteiger partial charge in [-0.15, -0.1) is 11.8 Å². The number of hydrogen-bond acceptors (Lipinski definition) is 8. The highest BCUT2D eigenvalue weighted by atomic mass is 32.2. The zero-order valence-corrected chi connectivity index (χ0v) is 31.9. The van der Waals surface area contributed by atoms with Crippen LogP contribution in [0.15, 0.2) is 126 Å². The molecule has 1 fully saturated rings. The molecular formula is C45H47N3O7S. The number of hydrogen-bond donors (Lipinski definition) is 5. The van der Waals surface area contributed by atoms with E-state index in [1.54, 1.807) is 36.0 Å². The van der Waals surface area contributed by atoms with Crippen molar-refractivity contribution in [3.8, 4) is 11.1 Å². The largest absolute Gasteiger partial charge is 0.478 e. The number of aliphatic hydroxyl groups is 1. The Labute approximate surface area is 331 Å². The lowest BCUT2D eigenvalue weighted by Gasteiger charge is -2.36. The van der Waals surface area contributed by atoms with Crippen molar-refractivity contribution in [3.63, 3.8) is 0 Å². The molecule has 0 aliphatic carbocycles. The van der Waals surface area contributed by atoms with E-state index >= 15 is 0 Å². The summed E-state index contributed by atoms with van der Waals surface area (Å²) in [6.45, 7) is 0.358. The minimum absolute atomic E-state index is 0.0329. The standard InChI is InChI=1S/C45H47N3O7S/c46-39-10-6-7-11-40(39)48-43(51)13-3-1-2-12-42(50)47-27-35-8-4-5-9-38(35)31-18-20-34(21-19-31)45-54-36(29-56-37-24-22-33(23-25-37)44(52)53)26-41(55-45)32-16-14-30(28-49)15-17-32/h4-11,14-25,36,41,45,49H,1-3,12-13,26-29,46H2,(H,47,50)(H,48,51)(H,52,53)/t36-,41+,45+/m1/s1. The Morgan fingerprint density at radius 2 is 1.43 bits per heavy atom. The number of carboxylic acids is 1. The van der Waals surface area contributed by atoms with Gasteiger partial charge in [-0.1, -0.05) is 91.3 Å². The summed E-state index contributed by atoms with van der Waals surface area (Å²) in [4.78, 5) is 37.3. The number of carbonyl (C=O) groups excluding carboxylic acids is 2. The predicted molar refractivity (Wildman–Crippen MR) is 219 cm³/mol. The van der Waals surface area contributed by atoms with Gasteiger partial charge in [-0.2, -0.15) is 0 Å². The molecule has 6 N–H and O–H groups in total. The molecule has 5 aromatic carbocycles. The van der Waals surface area contributed by atoms with Crippen molar-refractivity contribution in [2.24, 2.45) is 0 Å². The van der Waals surface area contributed by atoms with Gasteiger partial charge in [-0.25, -0.2) is 4.79 Å². The smallest absolute Gasteiger partial charge is 0.335 e. The number of ether oxygens (including phenoxy) is 2. The number of thioether (sulfide) groups is 1. The minimum atomic E-state index is -0.956. The van der Waals surface area contributed by atoms with Crippen LogP contribution < -0.4 is 16.4 Å². The van der Waals surface area contributed by atoms with Gasteiger partial charge in [0.25, 0.3) is 0 Å². The Hall–Kier alpha value is -5.46. The van der Waals surface area contributed by atoms with Gasteiger partial charge < -0.3 is 36.1 Å². The Kier molecular flexibility index (Phi) is 14.3. The number of carbonyl (C=O) groups is 3. The second kappa shape index (κ2) is 19.9. The molecule has 1 aliphatic heterocycles. The van der Waals surface area contributed by atoms with E-state index in [2.05, 4.69) is 10.6 Å². The molecule has 0 saturated carbocycles. The molecule has 1 saturated heterocycles. The summed E-state index contributed by atoms with van der Waals surface area (Å²) in [5, 5.41) is 24.7. The summed E-state index contributed by atoms with van der Waals surface area (Å²) < 4.78 is 13.1. The SMILES string of the molecule is Nc1ccccc1NC(=O)CCCCCC(=O)NCc1ccccc1-c1ccc([C@H]2O[C@@H](CSc3ccc(C(=O)O)cc3)C[C@@H](c3ccc(CO)cc3)O2)cc1. The highest BCUT2D eigenvalue weighted by Crippen LogP contribution is 2.40. The third kappa shape index (κ3) is 11.3. The molecule has 56 heavy (non-hydrogen) atoms. The third-order valence-electron chi connectivity index (χ3n) is 9.68. The number of benzene rings is 5. The lowest BCUT2D eigenvalue weighted by Crippen LogP contribution is -2.31. The summed E-state index contributed by atoms with van der Waals surface area (Å²) in [7, 11) is 0. The van der Waals surface area contributed by atoms with Crippen LogP contribution >= 0.6 is 11.8 Å². The summed E-state index contributed by atoms with van der Waals surface area (Å²) in [6, 6.07) is 37.9. The van der Waals surface area contributed by atoms with Crippen LogP contribution in [-0.4, -0.2) is 39.9 Å². The monoisotopic (exact) mass is 773 g/mol. The number of nitrogen functional groups attached to an aromatic ring is 1. The van der Waals surface area contributed by atoms with E-state index in [-0.39, 0.29) is 36.2 Å². The van der Waals surface area contributed by atoms with Gasteiger partial charge in [0.15, 0.2) is 6.29 Å². The molecule has 0 bridgehead atoms. The summed E-state index contributed by atoms with van der Waals surface area (Å²) in [5.41, 5.74) is 13.0. The van der Waals surface area contributed by atoms with Crippen LogP contribution in [0.4, 0.5) is 11.4 Å². The van der Waals surface area contributed by atoms with Gasteiger partial charge in [0, 0.05) is 42.0 Å². The minimum Gasteiger partial charge on any atom is -0.478 e. The van der Waals surface area contributed by atoms with Crippen molar-refractivity contribution in [1.29, 1.82) is 0 Å². The van der Waals surface area contributed by atoms with Gasteiger partial charge in [0.05, 0.1) is 35.8 Å². The molecule has 6 rings (SSSR count). The number of rotatable bonds is 17.